The molecule has 0 amide bonds. The van der Waals surface area contributed by atoms with Gasteiger partial charge in [-0.1, -0.05) is 30.7 Å². The van der Waals surface area contributed by atoms with Crippen molar-refractivity contribution in [2.45, 2.75) is 43.5 Å². The maximum absolute atomic E-state index is 11.8. The Morgan fingerprint density at radius 1 is 1.24 bits per heavy atom. The van der Waals surface area contributed by atoms with E-state index < -0.39 is 17.3 Å². The number of phenolic OH excluding ortho intramolecular Hbond substituents is 1. The van der Waals surface area contributed by atoms with Gasteiger partial charge in [0.15, 0.2) is 0 Å². The molecule has 2 radical (unpaired) electrons. The highest BCUT2D eigenvalue weighted by Crippen LogP contribution is 2.47. The van der Waals surface area contributed by atoms with Crippen molar-refractivity contribution in [2.75, 3.05) is 6.61 Å². The highest BCUT2D eigenvalue weighted by atomic mass is 35.5. The second-order valence-corrected chi connectivity index (χ2v) is 7.77. The number of rotatable bonds is 8. The Kier molecular flexibility index (Phi) is 9.29. The number of fused-ring (bicyclic) bond motifs is 1. The van der Waals surface area contributed by atoms with E-state index >= 15 is 0 Å². The van der Waals surface area contributed by atoms with Crippen LogP contribution in [0.5, 0.6) is 5.75 Å². The topological polar surface area (TPSA) is 104 Å². The molecular weight excluding hydrogens is 412 g/mol. The summed E-state index contributed by atoms with van der Waals surface area (Å²) in [5.41, 5.74) is 5.95. The number of carboxylic acids is 1. The minimum Gasteiger partial charge on any atom is -0.508 e. The summed E-state index contributed by atoms with van der Waals surface area (Å²) in [6.45, 7) is -0.0232. The van der Waals surface area contributed by atoms with Crippen LogP contribution in [0.4, 0.5) is 0 Å². The molecule has 2 atom stereocenters. The molecule has 0 spiro atoms. The zero-order valence-corrected chi connectivity index (χ0v) is 17.8. The van der Waals surface area contributed by atoms with E-state index in [9.17, 15) is 15.0 Å². The third kappa shape index (κ3) is 5.18. The summed E-state index contributed by atoms with van der Waals surface area (Å²) >= 11 is 0. The molecule has 5 N–H and O–H groups in total. The minimum atomic E-state index is -1.46. The van der Waals surface area contributed by atoms with Crippen LogP contribution < -0.4 is 5.73 Å². The number of halogens is 2. The number of aliphatic hydroxyl groups is 1. The van der Waals surface area contributed by atoms with Gasteiger partial charge in [0.05, 0.1) is 7.85 Å². The number of aliphatic carboxylic acids is 1. The predicted octanol–water partition coefficient (Wildman–Crippen LogP) is 3.47. The zero-order chi connectivity index (χ0) is 19.6. The van der Waals surface area contributed by atoms with E-state index in [1.54, 1.807) is 12.1 Å². The van der Waals surface area contributed by atoms with Gasteiger partial charge >= 0.3 is 5.97 Å². The summed E-state index contributed by atoms with van der Waals surface area (Å²) in [5, 5.41) is 30.6. The molecule has 1 aliphatic carbocycles. The fourth-order valence-electron chi connectivity index (χ4n) is 4.29. The van der Waals surface area contributed by atoms with E-state index in [2.05, 4.69) is 6.07 Å². The van der Waals surface area contributed by atoms with Crippen LogP contribution in [0.1, 0.15) is 31.2 Å². The van der Waals surface area contributed by atoms with Gasteiger partial charge in [-0.2, -0.15) is 0 Å². The van der Waals surface area contributed by atoms with Crippen LogP contribution in [0.3, 0.4) is 0 Å². The molecule has 2 unspecified atom stereocenters. The first-order valence-corrected chi connectivity index (χ1v) is 9.45. The van der Waals surface area contributed by atoms with Crippen molar-refractivity contribution in [1.29, 1.82) is 0 Å². The molecule has 3 rings (SSSR count). The molecule has 2 aromatic carbocycles. The summed E-state index contributed by atoms with van der Waals surface area (Å²) in [5.74, 6) is -1.33. The Hall–Kier alpha value is -1.47. The molecular formula is C21H28BCl2NO4. The molecule has 0 aliphatic heterocycles. The Balaban J connectivity index is 0.00000210. The number of carboxylic acid groups (broad SMARTS) is 1. The fraction of sp³-hybridized carbons (Fsp3) is 0.476. The molecule has 0 saturated heterocycles. The SMILES string of the molecule is Cl.Cl.[B]C(CCCO)C(N)(C(=O)O)C1CC(Cc2cccc3ccc(O)cc23)C1. The molecule has 1 saturated carbocycles. The van der Waals surface area contributed by atoms with E-state index in [1.807, 2.05) is 18.2 Å². The average Bonchev–Trinajstić information content (AvgIpc) is 2.61. The Labute approximate surface area is 184 Å². The highest BCUT2D eigenvalue weighted by molar-refractivity contribution is 6.15. The lowest BCUT2D eigenvalue weighted by molar-refractivity contribution is -0.148. The molecule has 29 heavy (non-hydrogen) atoms. The Morgan fingerprint density at radius 2 is 1.93 bits per heavy atom. The first-order chi connectivity index (χ1) is 12.9. The van der Waals surface area contributed by atoms with E-state index in [0.29, 0.717) is 31.6 Å². The first kappa shape index (κ1) is 25.6. The van der Waals surface area contributed by atoms with Crippen LogP contribution in [0.2, 0.25) is 5.82 Å². The predicted molar refractivity (Wildman–Crippen MR) is 120 cm³/mol. The van der Waals surface area contributed by atoms with E-state index in [-0.39, 0.29) is 43.1 Å². The minimum absolute atomic E-state index is 0. The van der Waals surface area contributed by atoms with E-state index in [0.717, 1.165) is 22.8 Å². The fourth-order valence-corrected chi connectivity index (χ4v) is 4.29. The van der Waals surface area contributed by atoms with Gasteiger partial charge in [-0.3, -0.25) is 4.79 Å². The third-order valence-corrected chi connectivity index (χ3v) is 6.03. The molecule has 8 heteroatoms. The van der Waals surface area contributed by atoms with Crippen LogP contribution in [0.15, 0.2) is 36.4 Å². The number of carbonyl (C=O) groups is 1. The molecule has 5 nitrogen and oxygen atoms in total. The monoisotopic (exact) mass is 439 g/mol. The van der Waals surface area contributed by atoms with Gasteiger partial charge in [-0.15, -0.1) is 24.8 Å². The van der Waals surface area contributed by atoms with Crippen LogP contribution in [0.25, 0.3) is 10.8 Å². The van der Waals surface area contributed by atoms with E-state index in [1.165, 1.54) is 0 Å². The van der Waals surface area contributed by atoms with Gasteiger partial charge in [0.1, 0.15) is 11.3 Å². The third-order valence-electron chi connectivity index (χ3n) is 6.03. The number of hydrogen-bond donors (Lipinski definition) is 4. The first-order valence-electron chi connectivity index (χ1n) is 9.45. The summed E-state index contributed by atoms with van der Waals surface area (Å²) in [6, 6.07) is 11.4. The lowest BCUT2D eigenvalue weighted by atomic mass is 9.55. The second-order valence-electron chi connectivity index (χ2n) is 7.77. The van der Waals surface area contributed by atoms with Crippen molar-refractivity contribution in [1.82, 2.24) is 0 Å². The summed E-state index contributed by atoms with van der Waals surface area (Å²) in [4.78, 5) is 11.8. The Morgan fingerprint density at radius 3 is 2.55 bits per heavy atom. The average molecular weight is 440 g/mol. The number of phenols is 1. The molecule has 158 valence electrons. The molecule has 0 heterocycles. The van der Waals surface area contributed by atoms with Gasteiger partial charge in [0.25, 0.3) is 0 Å². The van der Waals surface area contributed by atoms with Gasteiger partial charge in [-0.05, 0) is 71.8 Å². The van der Waals surface area contributed by atoms with Gasteiger partial charge < -0.3 is 21.1 Å². The van der Waals surface area contributed by atoms with Gasteiger partial charge in [0, 0.05) is 6.61 Å². The summed E-state index contributed by atoms with van der Waals surface area (Å²) < 4.78 is 0. The van der Waals surface area contributed by atoms with Crippen molar-refractivity contribution in [3.05, 3.63) is 42.0 Å². The smallest absolute Gasteiger partial charge is 0.323 e. The van der Waals surface area contributed by atoms with Crippen molar-refractivity contribution < 1.29 is 20.1 Å². The standard InChI is InChI=1S/C21H26BNO4.2ClH/c22-19(5-2-8-24)21(23,20(26)27)16-10-13(11-16)9-15-4-1-3-14-6-7-17(25)12-18(14)15;;/h1,3-4,6-7,12-13,16,19,24-25H,2,5,8-11,23H2,(H,26,27);2*1H. The van der Waals surface area contributed by atoms with Crippen LogP contribution >= 0.6 is 24.8 Å². The largest absolute Gasteiger partial charge is 0.508 e. The second kappa shape index (κ2) is 10.5. The van der Waals surface area contributed by atoms with Crippen LogP contribution in [-0.4, -0.2) is 41.3 Å². The molecule has 0 aromatic heterocycles. The number of aliphatic hydroxyl groups excluding tert-OH is 1. The molecule has 2 aromatic rings. The van der Waals surface area contributed by atoms with Crippen LogP contribution in [-0.2, 0) is 11.2 Å². The molecule has 1 aliphatic rings. The lowest BCUT2D eigenvalue weighted by Crippen LogP contribution is -2.61. The maximum atomic E-state index is 11.8. The van der Waals surface area contributed by atoms with Crippen molar-refractivity contribution in [3.63, 3.8) is 0 Å². The summed E-state index contributed by atoms with van der Waals surface area (Å²) in [7, 11) is 6.09. The van der Waals surface area contributed by atoms with Crippen molar-refractivity contribution >= 4 is 49.4 Å². The van der Waals surface area contributed by atoms with Crippen molar-refractivity contribution in [2.24, 2.45) is 17.6 Å². The number of aromatic hydroxyl groups is 1. The quantitative estimate of drug-likeness (QED) is 0.471. The molecule has 1 fully saturated rings. The molecule has 0 bridgehead atoms. The number of benzene rings is 2. The van der Waals surface area contributed by atoms with Gasteiger partial charge in [0.2, 0.25) is 0 Å². The number of nitrogens with two attached hydrogens (primary N) is 1. The number of hydrogen-bond acceptors (Lipinski definition) is 4. The summed E-state index contributed by atoms with van der Waals surface area (Å²) in [6.07, 6.45) is 3.08. The normalized spacial score (nSPS) is 21.2. The lowest BCUT2D eigenvalue weighted by Gasteiger charge is -2.48. The Bertz CT molecular complexity index is 831. The van der Waals surface area contributed by atoms with E-state index in [4.69, 9.17) is 18.7 Å². The van der Waals surface area contributed by atoms with Gasteiger partial charge in [-0.25, -0.2) is 0 Å². The van der Waals surface area contributed by atoms with Crippen molar-refractivity contribution in [3.8, 4) is 5.75 Å². The highest BCUT2D eigenvalue weighted by Gasteiger charge is 2.51. The zero-order valence-electron chi connectivity index (χ0n) is 16.2. The van der Waals surface area contributed by atoms with Crippen LogP contribution in [0, 0.1) is 11.8 Å². The maximum Gasteiger partial charge on any atom is 0.323 e.